The van der Waals surface area contributed by atoms with Gasteiger partial charge in [-0.25, -0.2) is 0 Å². The number of phenols is 1. The highest BCUT2D eigenvalue weighted by Gasteiger charge is 2.50. The van der Waals surface area contributed by atoms with Crippen LogP contribution in [0.15, 0.2) is 42.5 Å². The summed E-state index contributed by atoms with van der Waals surface area (Å²) in [5.74, 6) is 0.392. The Morgan fingerprint density at radius 1 is 1.12 bits per heavy atom. The smallest absolute Gasteiger partial charge is 0.120 e. The highest BCUT2D eigenvalue weighted by Crippen LogP contribution is 2.57. The van der Waals surface area contributed by atoms with Crippen molar-refractivity contribution in [2.24, 2.45) is 0 Å². The van der Waals surface area contributed by atoms with Crippen LogP contribution in [0.25, 0.3) is 0 Å². The second kappa shape index (κ2) is 6.70. The van der Waals surface area contributed by atoms with Gasteiger partial charge in [0.05, 0.1) is 0 Å². The molecule has 1 aliphatic carbocycles. The van der Waals surface area contributed by atoms with Gasteiger partial charge >= 0.3 is 0 Å². The van der Waals surface area contributed by atoms with Crippen LogP contribution >= 0.6 is 28.6 Å². The van der Waals surface area contributed by atoms with Crippen LogP contribution in [0, 0.1) is 0 Å². The summed E-state index contributed by atoms with van der Waals surface area (Å²) in [6, 6.07) is 14.6. The zero-order valence-electron chi connectivity index (χ0n) is 13.8. The highest BCUT2D eigenvalue weighted by atomic mass is 79.9. The number of halogens is 2. The lowest BCUT2D eigenvalue weighted by atomic mass is 9.57. The molecule has 1 N–H and O–H groups in total. The van der Waals surface area contributed by atoms with E-state index in [-0.39, 0.29) is 28.4 Å². The molecule has 2 nitrogen and oxygen atoms in total. The first kappa shape index (κ1) is 17.8. The third-order valence-electron chi connectivity index (χ3n) is 5.82. The first-order chi connectivity index (χ1) is 11.1. The Bertz CT molecular complexity index is 730. The van der Waals surface area contributed by atoms with Crippen LogP contribution in [0.5, 0.6) is 5.75 Å². The summed E-state index contributed by atoms with van der Waals surface area (Å²) in [4.78, 5) is 2.41. The number of aromatic hydroxyl groups is 1. The molecule has 1 fully saturated rings. The number of hydrogen-bond donors (Lipinski definition) is 1. The second-order valence-electron chi connectivity index (χ2n) is 6.97. The molecule has 1 saturated carbocycles. The third kappa shape index (κ3) is 2.58. The van der Waals surface area contributed by atoms with Gasteiger partial charge in [-0.15, -0.1) is 17.0 Å². The van der Waals surface area contributed by atoms with Crippen molar-refractivity contribution in [2.75, 3.05) is 13.6 Å². The molecule has 1 heterocycles. The van der Waals surface area contributed by atoms with Crippen LogP contribution in [-0.4, -0.2) is 23.6 Å². The lowest BCUT2D eigenvalue weighted by Crippen LogP contribution is -2.49. The molecule has 2 aromatic carbocycles. The van der Waals surface area contributed by atoms with E-state index in [0.717, 1.165) is 42.0 Å². The van der Waals surface area contributed by atoms with Gasteiger partial charge in [0.15, 0.2) is 0 Å². The van der Waals surface area contributed by atoms with Crippen LogP contribution < -0.4 is 0 Å². The fourth-order valence-corrected chi connectivity index (χ4v) is 4.83. The van der Waals surface area contributed by atoms with E-state index in [9.17, 15) is 5.11 Å². The molecule has 0 amide bonds. The molecule has 2 aliphatic rings. The van der Waals surface area contributed by atoms with Gasteiger partial charge < -0.3 is 5.11 Å². The minimum Gasteiger partial charge on any atom is -0.508 e. The van der Waals surface area contributed by atoms with Gasteiger partial charge in [0, 0.05) is 28.6 Å². The summed E-state index contributed by atoms with van der Waals surface area (Å²) in [5, 5.41) is 11.4. The molecule has 0 aromatic heterocycles. The Balaban J connectivity index is 0.00000169. The van der Waals surface area contributed by atoms with E-state index in [1.165, 1.54) is 12.0 Å². The predicted octanol–water partition coefficient (Wildman–Crippen LogP) is 5.27. The second-order valence-corrected chi connectivity index (χ2v) is 7.37. The molecule has 4 heteroatoms. The number of nitrogens with zero attached hydrogens (tertiary/aromatic N) is 1. The summed E-state index contributed by atoms with van der Waals surface area (Å²) in [7, 11) is 2.18. The minimum absolute atomic E-state index is 0. The minimum atomic E-state index is 0. The number of hydrogen-bond acceptors (Lipinski definition) is 2. The van der Waals surface area contributed by atoms with Crippen LogP contribution in [0.3, 0.4) is 0 Å². The number of rotatable bonds is 2. The molecule has 0 spiro atoms. The van der Waals surface area contributed by atoms with Crippen molar-refractivity contribution in [2.45, 2.75) is 37.1 Å². The summed E-state index contributed by atoms with van der Waals surface area (Å²) in [6.07, 6.45) is 4.48. The molecule has 1 unspecified atom stereocenters. The highest BCUT2D eigenvalue weighted by molar-refractivity contribution is 8.93. The standard InChI is InChI=1S/C20H22ClNO.BrH/c1-22-13-10-15-16(21)8-9-17(23)18(15)19(22)20(11-5-12-20)14-6-3-2-4-7-14;/h2-4,6-9,19,23H,5,10-13H2,1H3;1H. The van der Waals surface area contributed by atoms with Gasteiger partial charge in [-0.05, 0) is 49.6 Å². The van der Waals surface area contributed by atoms with Crippen molar-refractivity contribution in [3.05, 3.63) is 64.2 Å². The Morgan fingerprint density at radius 3 is 2.46 bits per heavy atom. The van der Waals surface area contributed by atoms with Crippen LogP contribution in [0.1, 0.15) is 42.0 Å². The van der Waals surface area contributed by atoms with Crippen molar-refractivity contribution in [3.63, 3.8) is 0 Å². The first-order valence-electron chi connectivity index (χ1n) is 8.39. The summed E-state index contributed by atoms with van der Waals surface area (Å²) < 4.78 is 0. The van der Waals surface area contributed by atoms with Crippen molar-refractivity contribution in [1.82, 2.24) is 4.90 Å². The Hall–Kier alpha value is -1.03. The number of phenolic OH excluding ortho intramolecular Hbond substituents is 1. The zero-order valence-corrected chi connectivity index (χ0v) is 16.3. The lowest BCUT2D eigenvalue weighted by Gasteiger charge is -2.53. The zero-order chi connectivity index (χ0) is 16.0. The van der Waals surface area contributed by atoms with Crippen molar-refractivity contribution < 1.29 is 5.11 Å². The van der Waals surface area contributed by atoms with Crippen LogP contribution in [0.2, 0.25) is 5.02 Å². The number of likely N-dealkylation sites (N-methyl/N-ethyl adjacent to an activating group) is 1. The van der Waals surface area contributed by atoms with Crippen molar-refractivity contribution >= 4 is 28.6 Å². The molecule has 128 valence electrons. The van der Waals surface area contributed by atoms with E-state index < -0.39 is 0 Å². The average molecular weight is 409 g/mol. The molecular formula is C20H23BrClNO. The molecule has 4 rings (SSSR count). The number of benzene rings is 2. The van der Waals surface area contributed by atoms with Crippen LogP contribution in [0.4, 0.5) is 0 Å². The molecule has 1 aliphatic heterocycles. The average Bonchev–Trinajstić information content (AvgIpc) is 2.53. The molecule has 0 saturated heterocycles. The van der Waals surface area contributed by atoms with E-state index >= 15 is 0 Å². The third-order valence-corrected chi connectivity index (χ3v) is 6.18. The van der Waals surface area contributed by atoms with Crippen molar-refractivity contribution in [3.8, 4) is 5.75 Å². The van der Waals surface area contributed by atoms with Gasteiger partial charge in [0.1, 0.15) is 5.75 Å². The van der Waals surface area contributed by atoms with E-state index in [0.29, 0.717) is 5.75 Å². The fourth-order valence-electron chi connectivity index (χ4n) is 4.57. The predicted molar refractivity (Wildman–Crippen MR) is 104 cm³/mol. The Kier molecular flexibility index (Phi) is 4.96. The maximum absolute atomic E-state index is 10.6. The molecule has 2 aromatic rings. The largest absolute Gasteiger partial charge is 0.508 e. The maximum Gasteiger partial charge on any atom is 0.120 e. The molecule has 0 bridgehead atoms. The molecular weight excluding hydrogens is 386 g/mol. The first-order valence-corrected chi connectivity index (χ1v) is 8.77. The van der Waals surface area contributed by atoms with E-state index in [1.807, 2.05) is 6.07 Å². The normalized spacial score (nSPS) is 22.2. The molecule has 0 radical (unpaired) electrons. The maximum atomic E-state index is 10.6. The van der Waals surface area contributed by atoms with Crippen molar-refractivity contribution in [1.29, 1.82) is 0 Å². The summed E-state index contributed by atoms with van der Waals surface area (Å²) in [6.45, 7) is 0.982. The molecule has 1 atom stereocenters. The summed E-state index contributed by atoms with van der Waals surface area (Å²) >= 11 is 6.45. The van der Waals surface area contributed by atoms with Crippen LogP contribution in [-0.2, 0) is 11.8 Å². The van der Waals surface area contributed by atoms with E-state index in [1.54, 1.807) is 6.07 Å². The Morgan fingerprint density at radius 2 is 1.83 bits per heavy atom. The number of fused-ring (bicyclic) bond motifs is 1. The Labute approximate surface area is 159 Å². The van der Waals surface area contributed by atoms with Gasteiger partial charge in [-0.3, -0.25) is 4.90 Å². The molecule has 24 heavy (non-hydrogen) atoms. The SMILES string of the molecule is Br.CN1CCc2c(Cl)ccc(O)c2C1C1(c2ccccc2)CCC1. The van der Waals surface area contributed by atoms with Gasteiger partial charge in [-0.2, -0.15) is 0 Å². The summed E-state index contributed by atoms with van der Waals surface area (Å²) in [5.41, 5.74) is 3.66. The quantitative estimate of drug-likeness (QED) is 0.731. The van der Waals surface area contributed by atoms with E-state index in [4.69, 9.17) is 11.6 Å². The van der Waals surface area contributed by atoms with Gasteiger partial charge in [0.25, 0.3) is 0 Å². The monoisotopic (exact) mass is 407 g/mol. The van der Waals surface area contributed by atoms with E-state index in [2.05, 4.69) is 42.3 Å². The lowest BCUT2D eigenvalue weighted by molar-refractivity contribution is 0.0698. The fraction of sp³-hybridized carbons (Fsp3) is 0.400. The topological polar surface area (TPSA) is 23.5 Å². The van der Waals surface area contributed by atoms with Gasteiger partial charge in [-0.1, -0.05) is 48.4 Å². The van der Waals surface area contributed by atoms with Gasteiger partial charge in [0.2, 0.25) is 0 Å².